The molecule has 0 saturated carbocycles. The number of anilines is 1. The molecule has 0 spiro atoms. The van der Waals surface area contributed by atoms with Crippen molar-refractivity contribution in [3.63, 3.8) is 0 Å². The van der Waals surface area contributed by atoms with Crippen molar-refractivity contribution in [1.82, 2.24) is 19.6 Å². The molecule has 0 amide bonds. The minimum atomic E-state index is 0. The molecule has 0 aliphatic carbocycles. The average molecular weight is 270 g/mol. The van der Waals surface area contributed by atoms with E-state index in [-0.39, 0.29) is 12.4 Å². The maximum atomic E-state index is 4.46. The van der Waals surface area contributed by atoms with E-state index in [0.717, 1.165) is 25.5 Å². The molecular formula is C12H20ClN5. The van der Waals surface area contributed by atoms with E-state index in [0.29, 0.717) is 0 Å². The molecule has 1 N–H and O–H groups in total. The molecule has 0 atom stereocenters. The zero-order chi connectivity index (χ0) is 12.3. The molecule has 0 aliphatic heterocycles. The van der Waals surface area contributed by atoms with Gasteiger partial charge in [-0.15, -0.1) is 12.4 Å². The molecule has 2 heterocycles. The van der Waals surface area contributed by atoms with Gasteiger partial charge in [-0.1, -0.05) is 0 Å². The first kappa shape index (κ1) is 14.6. The molecule has 0 unspecified atom stereocenters. The minimum Gasteiger partial charge on any atom is -0.363 e. The highest BCUT2D eigenvalue weighted by Gasteiger charge is 2.05. The molecule has 100 valence electrons. The predicted molar refractivity (Wildman–Crippen MR) is 75.1 cm³/mol. The second-order valence-electron chi connectivity index (χ2n) is 4.01. The number of aryl methyl sites for hydroxylation is 3. The highest BCUT2D eigenvalue weighted by molar-refractivity contribution is 5.85. The van der Waals surface area contributed by atoms with Crippen molar-refractivity contribution in [3.05, 3.63) is 29.7 Å². The fourth-order valence-corrected chi connectivity index (χ4v) is 1.83. The Morgan fingerprint density at radius 1 is 1.28 bits per heavy atom. The molecule has 0 radical (unpaired) electrons. The van der Waals surface area contributed by atoms with Crippen LogP contribution in [0.2, 0.25) is 0 Å². The van der Waals surface area contributed by atoms with Crippen LogP contribution in [0.25, 0.3) is 0 Å². The van der Waals surface area contributed by atoms with Crippen molar-refractivity contribution in [2.24, 2.45) is 0 Å². The van der Waals surface area contributed by atoms with Crippen molar-refractivity contribution in [3.8, 4) is 0 Å². The van der Waals surface area contributed by atoms with Gasteiger partial charge in [0.05, 0.1) is 12.2 Å². The van der Waals surface area contributed by atoms with Gasteiger partial charge >= 0.3 is 0 Å². The average Bonchev–Trinajstić information content (AvgIpc) is 2.92. The Kier molecular flexibility index (Phi) is 5.22. The fraction of sp³-hybridized carbons (Fsp3) is 0.500. The van der Waals surface area contributed by atoms with Crippen molar-refractivity contribution in [2.75, 3.05) is 5.32 Å². The van der Waals surface area contributed by atoms with Crippen molar-refractivity contribution in [2.45, 2.75) is 40.4 Å². The Morgan fingerprint density at radius 2 is 2.06 bits per heavy atom. The van der Waals surface area contributed by atoms with Gasteiger partial charge in [-0.2, -0.15) is 10.2 Å². The molecular weight excluding hydrogens is 250 g/mol. The molecule has 5 nitrogen and oxygen atoms in total. The lowest BCUT2D eigenvalue weighted by atomic mass is 10.3. The van der Waals surface area contributed by atoms with Crippen LogP contribution >= 0.6 is 12.4 Å². The summed E-state index contributed by atoms with van der Waals surface area (Å²) >= 11 is 0. The highest BCUT2D eigenvalue weighted by atomic mass is 35.5. The number of nitrogens with one attached hydrogen (secondary N) is 1. The van der Waals surface area contributed by atoms with Crippen LogP contribution in [0.1, 0.15) is 25.1 Å². The van der Waals surface area contributed by atoms with Crippen molar-refractivity contribution < 1.29 is 0 Å². The monoisotopic (exact) mass is 269 g/mol. The third-order valence-corrected chi connectivity index (χ3v) is 2.81. The molecule has 0 bridgehead atoms. The van der Waals surface area contributed by atoms with Gasteiger partial charge in [-0.3, -0.25) is 9.36 Å². The van der Waals surface area contributed by atoms with Crippen LogP contribution in [-0.4, -0.2) is 19.6 Å². The van der Waals surface area contributed by atoms with Crippen LogP contribution in [0.15, 0.2) is 18.5 Å². The Morgan fingerprint density at radius 3 is 2.67 bits per heavy atom. The van der Waals surface area contributed by atoms with Crippen LogP contribution in [0.5, 0.6) is 0 Å². The summed E-state index contributed by atoms with van der Waals surface area (Å²) in [5, 5.41) is 12.1. The van der Waals surface area contributed by atoms with Crippen LogP contribution in [0.4, 0.5) is 5.82 Å². The number of aromatic nitrogens is 4. The maximum Gasteiger partial charge on any atom is 0.151 e. The Hall–Kier alpha value is -1.49. The lowest BCUT2D eigenvalue weighted by Gasteiger charge is -2.06. The van der Waals surface area contributed by atoms with E-state index in [2.05, 4.69) is 42.5 Å². The summed E-state index contributed by atoms with van der Waals surface area (Å²) in [6, 6.07) is 2.03. The second-order valence-corrected chi connectivity index (χ2v) is 4.01. The number of hydrogen-bond acceptors (Lipinski definition) is 3. The number of hydrogen-bond donors (Lipinski definition) is 1. The topological polar surface area (TPSA) is 47.7 Å². The van der Waals surface area contributed by atoms with Crippen molar-refractivity contribution in [1.29, 1.82) is 0 Å². The quantitative estimate of drug-likeness (QED) is 0.907. The summed E-state index contributed by atoms with van der Waals surface area (Å²) in [5.74, 6) is 0.954. The summed E-state index contributed by atoms with van der Waals surface area (Å²) in [6.07, 6.45) is 3.89. The summed E-state index contributed by atoms with van der Waals surface area (Å²) in [5.41, 5.74) is 2.35. The standard InChI is InChI=1S/C12H19N5.ClH/c1-4-16-9-10(3)12(15-16)13-8-11-6-7-14-17(11)5-2;/h6-7,9H,4-5,8H2,1-3H3,(H,13,15);1H. The lowest BCUT2D eigenvalue weighted by Crippen LogP contribution is -2.08. The molecule has 6 heteroatoms. The molecule has 2 aromatic heterocycles. The van der Waals surface area contributed by atoms with E-state index < -0.39 is 0 Å². The predicted octanol–water partition coefficient (Wildman–Crippen LogP) is 2.46. The number of halogens is 1. The lowest BCUT2D eigenvalue weighted by molar-refractivity contribution is 0.626. The van der Waals surface area contributed by atoms with E-state index in [1.807, 2.05) is 21.6 Å². The molecule has 0 aromatic carbocycles. The van der Waals surface area contributed by atoms with E-state index in [1.54, 1.807) is 0 Å². The first-order valence-electron chi connectivity index (χ1n) is 6.03. The molecule has 2 rings (SSSR count). The van der Waals surface area contributed by atoms with Crippen molar-refractivity contribution >= 4 is 18.2 Å². The van der Waals surface area contributed by atoms with Gasteiger partial charge in [0.1, 0.15) is 0 Å². The Balaban J connectivity index is 0.00000162. The SMILES string of the molecule is CCn1cc(C)c(NCc2ccnn2CC)n1.Cl. The third-order valence-electron chi connectivity index (χ3n) is 2.81. The van der Waals surface area contributed by atoms with Crippen LogP contribution in [0.3, 0.4) is 0 Å². The largest absolute Gasteiger partial charge is 0.363 e. The molecule has 2 aromatic rings. The first-order chi connectivity index (χ1) is 8.24. The van der Waals surface area contributed by atoms with Gasteiger partial charge in [0.15, 0.2) is 5.82 Å². The molecule has 0 aliphatic rings. The Labute approximate surface area is 114 Å². The Bertz CT molecular complexity index is 488. The van der Waals surface area contributed by atoms with Crippen LogP contribution in [0, 0.1) is 6.92 Å². The molecule has 18 heavy (non-hydrogen) atoms. The summed E-state index contributed by atoms with van der Waals surface area (Å²) in [4.78, 5) is 0. The molecule has 0 fully saturated rings. The maximum absolute atomic E-state index is 4.46. The smallest absolute Gasteiger partial charge is 0.151 e. The van der Waals surface area contributed by atoms with Crippen LogP contribution < -0.4 is 5.32 Å². The van der Waals surface area contributed by atoms with Gasteiger partial charge in [-0.05, 0) is 26.8 Å². The first-order valence-corrected chi connectivity index (χ1v) is 6.03. The van der Waals surface area contributed by atoms with Gasteiger partial charge in [0.2, 0.25) is 0 Å². The zero-order valence-corrected chi connectivity index (χ0v) is 11.9. The van der Waals surface area contributed by atoms with E-state index >= 15 is 0 Å². The van der Waals surface area contributed by atoms with Gasteiger partial charge in [0, 0.05) is 31.0 Å². The van der Waals surface area contributed by atoms with E-state index in [1.165, 1.54) is 11.3 Å². The minimum absolute atomic E-state index is 0. The van der Waals surface area contributed by atoms with Gasteiger partial charge < -0.3 is 5.32 Å². The van der Waals surface area contributed by atoms with Crippen LogP contribution in [-0.2, 0) is 19.6 Å². The summed E-state index contributed by atoms with van der Waals surface area (Å²) in [7, 11) is 0. The second kappa shape index (κ2) is 6.44. The van der Waals surface area contributed by atoms with E-state index in [4.69, 9.17) is 0 Å². The van der Waals surface area contributed by atoms with E-state index in [9.17, 15) is 0 Å². The van der Waals surface area contributed by atoms with Gasteiger partial charge in [0.25, 0.3) is 0 Å². The molecule has 0 saturated heterocycles. The third kappa shape index (κ3) is 3.04. The number of nitrogens with zero attached hydrogens (tertiary/aromatic N) is 4. The zero-order valence-electron chi connectivity index (χ0n) is 11.1. The normalized spacial score (nSPS) is 10.2. The fourth-order valence-electron chi connectivity index (χ4n) is 1.83. The summed E-state index contributed by atoms with van der Waals surface area (Å²) in [6.45, 7) is 8.80. The van der Waals surface area contributed by atoms with Gasteiger partial charge in [-0.25, -0.2) is 0 Å². The number of rotatable bonds is 5. The highest BCUT2D eigenvalue weighted by Crippen LogP contribution is 2.12. The summed E-state index contributed by atoms with van der Waals surface area (Å²) < 4.78 is 3.92.